The molecule has 0 unspecified atom stereocenters. The fraction of sp³-hybridized carbons (Fsp3) is 0.348. The lowest BCUT2D eigenvalue weighted by molar-refractivity contribution is 0.0129. The first-order valence-corrected chi connectivity index (χ1v) is 9.34. The van der Waals surface area contributed by atoms with Crippen LogP contribution in [0.25, 0.3) is 0 Å². The number of ether oxygens (including phenoxy) is 1. The van der Waals surface area contributed by atoms with Gasteiger partial charge in [-0.15, -0.1) is 0 Å². The molecule has 2 aromatic carbocycles. The molecule has 4 heteroatoms. The topological polar surface area (TPSA) is 38.3 Å². The van der Waals surface area contributed by atoms with Crippen molar-refractivity contribution in [3.05, 3.63) is 71.0 Å². The molecule has 0 saturated carbocycles. The van der Waals surface area contributed by atoms with Crippen LogP contribution in [0.15, 0.2) is 48.5 Å². The molecule has 1 aliphatic rings. The second kappa shape index (κ2) is 8.83. The maximum absolute atomic E-state index is 13.6. The smallest absolute Gasteiger partial charge is 0.251 e. The minimum atomic E-state index is -0.334. The molecule has 1 fully saturated rings. The fourth-order valence-corrected chi connectivity index (χ4v) is 3.24. The molecule has 0 atom stereocenters. The van der Waals surface area contributed by atoms with E-state index in [9.17, 15) is 9.18 Å². The van der Waals surface area contributed by atoms with Gasteiger partial charge in [0, 0.05) is 30.9 Å². The molecule has 1 N–H and O–H groups in total. The Labute approximate surface area is 159 Å². The molecule has 0 radical (unpaired) electrons. The molecule has 140 valence electrons. The van der Waals surface area contributed by atoms with E-state index in [2.05, 4.69) is 24.1 Å². The predicted octanol–water partition coefficient (Wildman–Crippen LogP) is 4.16. The summed E-state index contributed by atoms with van der Waals surface area (Å²) >= 11 is 0. The second-order valence-electron chi connectivity index (χ2n) is 6.96. The third kappa shape index (κ3) is 4.96. The van der Waals surface area contributed by atoms with Crippen molar-refractivity contribution in [1.29, 1.82) is 0 Å². The number of hydrogen-bond acceptors (Lipinski definition) is 2. The van der Waals surface area contributed by atoms with Gasteiger partial charge in [0.25, 0.3) is 5.91 Å². The van der Waals surface area contributed by atoms with Crippen LogP contribution in [0, 0.1) is 23.1 Å². The van der Waals surface area contributed by atoms with Gasteiger partial charge in [-0.05, 0) is 61.1 Å². The Morgan fingerprint density at radius 1 is 1.11 bits per heavy atom. The van der Waals surface area contributed by atoms with Crippen LogP contribution in [0.3, 0.4) is 0 Å². The summed E-state index contributed by atoms with van der Waals surface area (Å²) < 4.78 is 19.0. The first-order chi connectivity index (χ1) is 13.1. The normalized spacial score (nSPS) is 15.5. The minimum Gasteiger partial charge on any atom is -0.381 e. The highest BCUT2D eigenvalue weighted by Gasteiger charge is 2.31. The highest BCUT2D eigenvalue weighted by molar-refractivity contribution is 5.94. The van der Waals surface area contributed by atoms with Crippen LogP contribution in [-0.2, 0) is 4.74 Å². The van der Waals surface area contributed by atoms with E-state index in [4.69, 9.17) is 4.74 Å². The fourth-order valence-electron chi connectivity index (χ4n) is 3.24. The van der Waals surface area contributed by atoms with E-state index in [1.807, 2.05) is 0 Å². The Morgan fingerprint density at radius 3 is 2.48 bits per heavy atom. The zero-order valence-electron chi connectivity index (χ0n) is 15.6. The van der Waals surface area contributed by atoms with Gasteiger partial charge < -0.3 is 10.1 Å². The van der Waals surface area contributed by atoms with Crippen molar-refractivity contribution in [2.24, 2.45) is 5.41 Å². The molecule has 0 spiro atoms. The molecule has 3 nitrogen and oxygen atoms in total. The number of carbonyl (C=O) groups excluding carboxylic acids is 1. The van der Waals surface area contributed by atoms with Crippen LogP contribution in [-0.4, -0.2) is 25.7 Å². The van der Waals surface area contributed by atoms with Crippen molar-refractivity contribution in [3.63, 3.8) is 0 Å². The molecule has 1 heterocycles. The molecule has 0 bridgehead atoms. The molecule has 1 aliphatic heterocycles. The molecule has 0 aromatic heterocycles. The summed E-state index contributed by atoms with van der Waals surface area (Å²) in [6, 6.07) is 13.5. The predicted molar refractivity (Wildman–Crippen MR) is 104 cm³/mol. The first kappa shape index (κ1) is 19.1. The van der Waals surface area contributed by atoms with Gasteiger partial charge in [0.1, 0.15) is 5.82 Å². The zero-order chi connectivity index (χ0) is 19.1. The van der Waals surface area contributed by atoms with Crippen molar-refractivity contribution in [2.75, 3.05) is 19.8 Å². The summed E-state index contributed by atoms with van der Waals surface area (Å²) in [6.45, 7) is 4.36. The largest absolute Gasteiger partial charge is 0.381 e. The molecule has 3 rings (SSSR count). The van der Waals surface area contributed by atoms with E-state index in [-0.39, 0.29) is 17.1 Å². The lowest BCUT2D eigenvalue weighted by Crippen LogP contribution is -2.41. The molecule has 0 aliphatic carbocycles. The summed E-state index contributed by atoms with van der Waals surface area (Å²) in [5, 5.41) is 3.07. The Morgan fingerprint density at radius 2 is 1.81 bits per heavy atom. The van der Waals surface area contributed by atoms with Crippen LogP contribution < -0.4 is 5.32 Å². The minimum absolute atomic E-state index is 0.0806. The average Bonchev–Trinajstić information content (AvgIpc) is 2.72. The number of rotatable bonds is 4. The van der Waals surface area contributed by atoms with Crippen molar-refractivity contribution in [3.8, 4) is 11.8 Å². The Kier molecular flexibility index (Phi) is 6.26. The number of benzene rings is 2. The van der Waals surface area contributed by atoms with Gasteiger partial charge >= 0.3 is 0 Å². The van der Waals surface area contributed by atoms with Gasteiger partial charge in [0.15, 0.2) is 0 Å². The van der Waals surface area contributed by atoms with Gasteiger partial charge in [0.05, 0.1) is 5.56 Å². The first-order valence-electron chi connectivity index (χ1n) is 9.34. The van der Waals surface area contributed by atoms with Crippen LogP contribution in [0.4, 0.5) is 4.39 Å². The third-order valence-electron chi connectivity index (χ3n) is 5.29. The monoisotopic (exact) mass is 365 g/mol. The van der Waals surface area contributed by atoms with E-state index < -0.39 is 0 Å². The summed E-state index contributed by atoms with van der Waals surface area (Å²) in [7, 11) is 0. The quantitative estimate of drug-likeness (QED) is 0.826. The number of carbonyl (C=O) groups is 1. The number of nitrogens with one attached hydrogen (secondary N) is 1. The lowest BCUT2D eigenvalue weighted by atomic mass is 9.78. The standard InChI is InChI=1S/C23H24FNO2/c1-2-23(13-15-27-16-14-23)17-25-22(26)20-11-8-18(9-12-20)7-10-19-5-3-4-6-21(19)24/h3-6,8-9,11-12H,2,13-17H2,1H3,(H,25,26). The summed E-state index contributed by atoms with van der Waals surface area (Å²) in [5.74, 6) is 5.34. The highest BCUT2D eigenvalue weighted by Crippen LogP contribution is 2.33. The SMILES string of the molecule is CCC1(CNC(=O)c2ccc(C#Cc3ccccc3F)cc2)CCOCC1. The zero-order valence-corrected chi connectivity index (χ0v) is 15.6. The molecule has 27 heavy (non-hydrogen) atoms. The Balaban J connectivity index is 1.61. The molecule has 1 amide bonds. The molecule has 2 aromatic rings. The van der Waals surface area contributed by atoms with Crippen molar-refractivity contribution in [2.45, 2.75) is 26.2 Å². The summed E-state index contributed by atoms with van der Waals surface area (Å²) in [5.41, 5.74) is 1.84. The van der Waals surface area contributed by atoms with Crippen molar-refractivity contribution in [1.82, 2.24) is 5.32 Å². The molecular weight excluding hydrogens is 341 g/mol. The molecule has 1 saturated heterocycles. The summed E-state index contributed by atoms with van der Waals surface area (Å²) in [6.07, 6.45) is 2.99. The van der Waals surface area contributed by atoms with E-state index in [0.717, 1.165) is 38.0 Å². The van der Waals surface area contributed by atoms with Gasteiger partial charge in [-0.1, -0.05) is 30.9 Å². The number of hydrogen-bond donors (Lipinski definition) is 1. The van der Waals surface area contributed by atoms with Gasteiger partial charge in [0.2, 0.25) is 0 Å². The highest BCUT2D eigenvalue weighted by atomic mass is 19.1. The maximum Gasteiger partial charge on any atom is 0.251 e. The van der Waals surface area contributed by atoms with E-state index >= 15 is 0 Å². The molecular formula is C23H24FNO2. The Bertz CT molecular complexity index is 843. The second-order valence-corrected chi connectivity index (χ2v) is 6.96. The van der Waals surface area contributed by atoms with Crippen LogP contribution in [0.5, 0.6) is 0 Å². The lowest BCUT2D eigenvalue weighted by Gasteiger charge is -2.36. The van der Waals surface area contributed by atoms with Crippen LogP contribution in [0.2, 0.25) is 0 Å². The van der Waals surface area contributed by atoms with E-state index in [1.165, 1.54) is 6.07 Å². The average molecular weight is 365 g/mol. The van der Waals surface area contributed by atoms with Gasteiger partial charge in [-0.2, -0.15) is 0 Å². The van der Waals surface area contributed by atoms with Crippen LogP contribution >= 0.6 is 0 Å². The van der Waals surface area contributed by atoms with Crippen molar-refractivity contribution >= 4 is 5.91 Å². The van der Waals surface area contributed by atoms with Crippen molar-refractivity contribution < 1.29 is 13.9 Å². The van der Waals surface area contributed by atoms with Gasteiger partial charge in [-0.25, -0.2) is 4.39 Å². The maximum atomic E-state index is 13.6. The summed E-state index contributed by atoms with van der Waals surface area (Å²) in [4.78, 5) is 12.5. The Hall–Kier alpha value is -2.64. The van der Waals surface area contributed by atoms with E-state index in [1.54, 1.807) is 42.5 Å². The van der Waals surface area contributed by atoms with E-state index in [0.29, 0.717) is 17.7 Å². The third-order valence-corrected chi connectivity index (χ3v) is 5.29. The van der Waals surface area contributed by atoms with Crippen LogP contribution in [0.1, 0.15) is 47.7 Å². The number of halogens is 1. The van der Waals surface area contributed by atoms with Gasteiger partial charge in [-0.3, -0.25) is 4.79 Å². The number of amides is 1.